The van der Waals surface area contributed by atoms with E-state index in [4.69, 9.17) is 4.74 Å². The number of ether oxygens (including phenoxy) is 1. The number of morpholine rings is 1. The molecule has 4 atom stereocenters. The zero-order valence-electron chi connectivity index (χ0n) is 14.1. The predicted octanol–water partition coefficient (Wildman–Crippen LogP) is 1.54. The molecular weight excluding hydrogens is 278 g/mol. The minimum absolute atomic E-state index is 0.239. The van der Waals surface area contributed by atoms with E-state index in [0.717, 1.165) is 13.1 Å². The molecule has 0 amide bonds. The van der Waals surface area contributed by atoms with Gasteiger partial charge in [0, 0.05) is 44.6 Å². The van der Waals surface area contributed by atoms with Crippen LogP contribution in [0.15, 0.2) is 24.5 Å². The molecule has 4 unspecified atom stereocenters. The van der Waals surface area contributed by atoms with Gasteiger partial charge in [-0.05, 0) is 39.4 Å². The monoisotopic (exact) mass is 307 g/mol. The Bertz CT molecular complexity index is 433. The van der Waals surface area contributed by atoms with Crippen molar-refractivity contribution in [1.29, 1.82) is 0 Å². The maximum Gasteiger partial charge on any atom is 0.0793 e. The van der Waals surface area contributed by atoms with Crippen LogP contribution in [0, 0.1) is 0 Å². The van der Waals surface area contributed by atoms with Crippen molar-refractivity contribution in [3.05, 3.63) is 30.1 Å². The smallest absolute Gasteiger partial charge is 0.0793 e. The van der Waals surface area contributed by atoms with Gasteiger partial charge in [0.15, 0.2) is 0 Å². The topological polar surface area (TPSA) is 48.8 Å². The number of hydrogen-bond acceptors (Lipinski definition) is 5. The summed E-state index contributed by atoms with van der Waals surface area (Å²) in [5, 5.41) is 10.4. The Balaban J connectivity index is 1.82. The van der Waals surface area contributed by atoms with Gasteiger partial charge >= 0.3 is 0 Å². The number of pyridine rings is 1. The molecule has 22 heavy (non-hydrogen) atoms. The van der Waals surface area contributed by atoms with E-state index >= 15 is 0 Å². The number of likely N-dealkylation sites (N-methyl/N-ethyl adjacent to an activating group) is 1. The lowest BCUT2D eigenvalue weighted by atomic mass is 10.1. The first-order chi connectivity index (χ1) is 10.5. The van der Waals surface area contributed by atoms with Crippen LogP contribution in [0.5, 0.6) is 0 Å². The Hall–Kier alpha value is -1.01. The van der Waals surface area contributed by atoms with E-state index in [1.165, 1.54) is 5.56 Å². The molecule has 1 saturated heterocycles. The maximum absolute atomic E-state index is 10.4. The van der Waals surface area contributed by atoms with Crippen molar-refractivity contribution in [2.45, 2.75) is 45.1 Å². The van der Waals surface area contributed by atoms with Crippen LogP contribution in [0.25, 0.3) is 0 Å². The van der Waals surface area contributed by atoms with Crippen molar-refractivity contribution in [1.82, 2.24) is 14.8 Å². The fourth-order valence-corrected chi connectivity index (χ4v) is 3.16. The highest BCUT2D eigenvalue weighted by molar-refractivity contribution is 5.12. The van der Waals surface area contributed by atoms with E-state index in [2.05, 4.69) is 41.6 Å². The summed E-state index contributed by atoms with van der Waals surface area (Å²) in [5.41, 5.74) is 1.17. The zero-order valence-corrected chi connectivity index (χ0v) is 14.1. The van der Waals surface area contributed by atoms with E-state index in [1.807, 2.05) is 19.3 Å². The third kappa shape index (κ3) is 5.02. The van der Waals surface area contributed by atoms with Crippen molar-refractivity contribution in [2.24, 2.45) is 0 Å². The molecule has 1 N–H and O–H groups in total. The summed E-state index contributed by atoms with van der Waals surface area (Å²) in [6.45, 7) is 9.45. The van der Waals surface area contributed by atoms with Crippen LogP contribution in [0.2, 0.25) is 0 Å². The average Bonchev–Trinajstić information content (AvgIpc) is 2.46. The number of aliphatic hydroxyl groups excluding tert-OH is 1. The van der Waals surface area contributed by atoms with Crippen molar-refractivity contribution < 1.29 is 9.84 Å². The molecule has 0 aromatic carbocycles. The van der Waals surface area contributed by atoms with Crippen LogP contribution >= 0.6 is 0 Å². The number of aromatic nitrogens is 1. The molecule has 1 aromatic rings. The number of rotatable bonds is 6. The first kappa shape index (κ1) is 17.3. The second kappa shape index (κ2) is 8.02. The fourth-order valence-electron chi connectivity index (χ4n) is 3.16. The largest absolute Gasteiger partial charge is 0.390 e. The minimum atomic E-state index is -0.360. The second-order valence-electron chi connectivity index (χ2n) is 6.53. The molecular formula is C17H29N3O2. The van der Waals surface area contributed by atoms with Gasteiger partial charge in [-0.2, -0.15) is 0 Å². The number of nitrogens with zero attached hydrogens (tertiary/aromatic N) is 3. The van der Waals surface area contributed by atoms with Crippen LogP contribution in [0.3, 0.4) is 0 Å². The van der Waals surface area contributed by atoms with Gasteiger partial charge in [-0.3, -0.25) is 14.8 Å². The summed E-state index contributed by atoms with van der Waals surface area (Å²) < 4.78 is 5.73. The Kier molecular flexibility index (Phi) is 6.32. The summed E-state index contributed by atoms with van der Waals surface area (Å²) in [4.78, 5) is 8.64. The molecule has 5 nitrogen and oxygen atoms in total. The highest BCUT2D eigenvalue weighted by atomic mass is 16.5. The van der Waals surface area contributed by atoms with Gasteiger partial charge in [0.05, 0.1) is 18.3 Å². The molecule has 1 fully saturated rings. The first-order valence-corrected chi connectivity index (χ1v) is 8.11. The number of hydrogen-bond donors (Lipinski definition) is 1. The van der Waals surface area contributed by atoms with Gasteiger partial charge in [-0.25, -0.2) is 0 Å². The van der Waals surface area contributed by atoms with E-state index in [9.17, 15) is 5.11 Å². The highest BCUT2D eigenvalue weighted by Crippen LogP contribution is 2.18. The van der Waals surface area contributed by atoms with Crippen LogP contribution in [-0.2, 0) is 4.74 Å². The molecule has 0 aliphatic carbocycles. The van der Waals surface area contributed by atoms with Crippen molar-refractivity contribution >= 4 is 0 Å². The van der Waals surface area contributed by atoms with Gasteiger partial charge in [0.25, 0.3) is 0 Å². The van der Waals surface area contributed by atoms with E-state index in [-0.39, 0.29) is 24.4 Å². The molecule has 1 aliphatic rings. The normalized spacial score (nSPS) is 26.1. The number of β-amino-alcohol motifs (C(OH)–C–C–N with tert-alkyl or cyclic N) is 1. The van der Waals surface area contributed by atoms with Gasteiger partial charge in [0.2, 0.25) is 0 Å². The fraction of sp³-hybridized carbons (Fsp3) is 0.706. The molecule has 5 heteroatoms. The van der Waals surface area contributed by atoms with Gasteiger partial charge in [-0.1, -0.05) is 6.07 Å². The summed E-state index contributed by atoms with van der Waals surface area (Å²) in [6, 6.07) is 4.27. The van der Waals surface area contributed by atoms with Crippen LogP contribution in [0.1, 0.15) is 32.4 Å². The van der Waals surface area contributed by atoms with E-state index in [0.29, 0.717) is 13.1 Å². The SMILES string of the molecule is CC1CN(CC(O)CN(C)C(C)c2cccnc2)CC(C)O1. The van der Waals surface area contributed by atoms with E-state index < -0.39 is 0 Å². The molecule has 1 aliphatic heterocycles. The lowest BCUT2D eigenvalue weighted by Crippen LogP contribution is -2.49. The summed E-state index contributed by atoms with van der Waals surface area (Å²) in [7, 11) is 2.05. The average molecular weight is 307 g/mol. The molecule has 0 spiro atoms. The minimum Gasteiger partial charge on any atom is -0.390 e. The van der Waals surface area contributed by atoms with Crippen molar-refractivity contribution in [2.75, 3.05) is 33.2 Å². The van der Waals surface area contributed by atoms with Gasteiger partial charge in [-0.15, -0.1) is 0 Å². The Morgan fingerprint density at radius 2 is 2.09 bits per heavy atom. The standard InChI is InChI=1S/C17H29N3O2/c1-13-9-20(10-14(2)22-13)12-17(21)11-19(4)15(3)16-6-5-7-18-8-16/h5-8,13-15,17,21H,9-12H2,1-4H3. The summed E-state index contributed by atoms with van der Waals surface area (Å²) in [5.74, 6) is 0. The van der Waals surface area contributed by atoms with Crippen LogP contribution < -0.4 is 0 Å². The van der Waals surface area contributed by atoms with E-state index in [1.54, 1.807) is 6.20 Å². The lowest BCUT2D eigenvalue weighted by molar-refractivity contribution is -0.0781. The molecule has 0 saturated carbocycles. The summed E-state index contributed by atoms with van der Waals surface area (Å²) in [6.07, 6.45) is 3.79. The van der Waals surface area contributed by atoms with Gasteiger partial charge < -0.3 is 9.84 Å². The molecule has 2 rings (SSSR count). The van der Waals surface area contributed by atoms with Crippen LogP contribution in [-0.4, -0.2) is 71.4 Å². The Morgan fingerprint density at radius 1 is 1.41 bits per heavy atom. The maximum atomic E-state index is 10.4. The lowest BCUT2D eigenvalue weighted by Gasteiger charge is -2.37. The second-order valence-corrected chi connectivity index (χ2v) is 6.53. The quantitative estimate of drug-likeness (QED) is 0.864. The molecule has 0 bridgehead atoms. The Labute approximate surface area is 133 Å². The van der Waals surface area contributed by atoms with Crippen molar-refractivity contribution in [3.63, 3.8) is 0 Å². The zero-order chi connectivity index (χ0) is 16.1. The third-order valence-corrected chi connectivity index (χ3v) is 4.29. The van der Waals surface area contributed by atoms with Crippen molar-refractivity contribution in [3.8, 4) is 0 Å². The summed E-state index contributed by atoms with van der Waals surface area (Å²) >= 11 is 0. The predicted molar refractivity (Wildman–Crippen MR) is 87.7 cm³/mol. The van der Waals surface area contributed by atoms with Gasteiger partial charge in [0.1, 0.15) is 0 Å². The number of aliphatic hydroxyl groups is 1. The van der Waals surface area contributed by atoms with Crippen LogP contribution in [0.4, 0.5) is 0 Å². The highest BCUT2D eigenvalue weighted by Gasteiger charge is 2.24. The molecule has 124 valence electrons. The first-order valence-electron chi connectivity index (χ1n) is 8.11. The molecule has 0 radical (unpaired) electrons. The molecule has 2 heterocycles. The third-order valence-electron chi connectivity index (χ3n) is 4.29. The Morgan fingerprint density at radius 3 is 2.68 bits per heavy atom. The molecule has 1 aromatic heterocycles.